The highest BCUT2D eigenvalue weighted by Crippen LogP contribution is 2.23. The Hall–Kier alpha value is -2.12. The molecule has 2 fully saturated rings. The second-order valence-electron chi connectivity index (χ2n) is 8.39. The number of nitrogens with zero attached hydrogens (tertiary/aromatic N) is 4. The van der Waals surface area contributed by atoms with Crippen molar-refractivity contribution in [3.05, 3.63) is 29.7 Å². The summed E-state index contributed by atoms with van der Waals surface area (Å²) < 4.78 is 7.54. The predicted octanol–water partition coefficient (Wildman–Crippen LogP) is 2.97. The van der Waals surface area contributed by atoms with Crippen molar-refractivity contribution in [2.24, 2.45) is 0 Å². The molecule has 30 heavy (non-hydrogen) atoms. The number of rotatable bonds is 5. The summed E-state index contributed by atoms with van der Waals surface area (Å²) in [6.07, 6.45) is 6.51. The minimum Gasteiger partial charge on any atom is -0.490 e. The number of likely N-dealkylation sites (tertiary alicyclic amines) is 2. The molecular formula is C23H37N5O2. The standard InChI is InChI=1S/C22H33N5O2.CH4/c1-4-29-19-8-6-12-27-20(16(2)23-21(19)27)22(28)24-17-7-5-11-26(15-17)18-9-13-25(3)14-10-18;/h6,8,12,17-18H,4-5,7,9-11,13-15H2,1-3H3,(H,24,28);1H4/t17-;/m0./s1. The Morgan fingerprint density at radius 2 is 2.03 bits per heavy atom. The van der Waals surface area contributed by atoms with Gasteiger partial charge in [-0.2, -0.15) is 0 Å². The number of piperidine rings is 2. The summed E-state index contributed by atoms with van der Waals surface area (Å²) in [5.74, 6) is 0.669. The summed E-state index contributed by atoms with van der Waals surface area (Å²) in [5, 5.41) is 3.29. The van der Waals surface area contributed by atoms with Gasteiger partial charge in [0.15, 0.2) is 11.4 Å². The molecule has 0 bridgehead atoms. The SMILES string of the molecule is C.CCOc1cccn2c(C(=O)N[C@H]3CCCN(C4CCN(C)CC4)C3)c(C)nc12. The number of fused-ring (bicyclic) bond motifs is 1. The summed E-state index contributed by atoms with van der Waals surface area (Å²) in [5.41, 5.74) is 2.05. The van der Waals surface area contributed by atoms with E-state index in [1.807, 2.05) is 36.6 Å². The van der Waals surface area contributed by atoms with Gasteiger partial charge in [-0.25, -0.2) is 4.98 Å². The van der Waals surface area contributed by atoms with Crippen LogP contribution in [0.2, 0.25) is 0 Å². The maximum absolute atomic E-state index is 13.2. The molecule has 0 saturated carbocycles. The summed E-state index contributed by atoms with van der Waals surface area (Å²) in [7, 11) is 2.20. The number of ether oxygens (including phenoxy) is 1. The van der Waals surface area contributed by atoms with Crippen molar-refractivity contribution in [3.8, 4) is 5.75 Å². The zero-order chi connectivity index (χ0) is 20.4. The Morgan fingerprint density at radius 3 is 2.77 bits per heavy atom. The van der Waals surface area contributed by atoms with E-state index in [2.05, 4.69) is 27.1 Å². The zero-order valence-electron chi connectivity index (χ0n) is 17.9. The lowest BCUT2D eigenvalue weighted by Crippen LogP contribution is -2.53. The molecule has 2 aromatic rings. The molecule has 7 nitrogen and oxygen atoms in total. The van der Waals surface area contributed by atoms with Gasteiger partial charge in [0.1, 0.15) is 5.69 Å². The highest BCUT2D eigenvalue weighted by atomic mass is 16.5. The Morgan fingerprint density at radius 1 is 1.27 bits per heavy atom. The molecule has 2 aliphatic heterocycles. The van der Waals surface area contributed by atoms with Gasteiger partial charge < -0.3 is 15.0 Å². The molecule has 2 aromatic heterocycles. The average Bonchev–Trinajstić information content (AvgIpc) is 3.06. The van der Waals surface area contributed by atoms with Crippen LogP contribution in [0.5, 0.6) is 5.75 Å². The summed E-state index contributed by atoms with van der Waals surface area (Å²) in [6.45, 7) is 8.84. The first-order chi connectivity index (χ1) is 14.1. The minimum atomic E-state index is -0.0427. The van der Waals surface area contributed by atoms with Gasteiger partial charge in [0.05, 0.1) is 12.3 Å². The first-order valence-corrected chi connectivity index (χ1v) is 10.9. The number of imidazole rings is 1. The maximum Gasteiger partial charge on any atom is 0.270 e. The number of pyridine rings is 1. The van der Waals surface area contributed by atoms with E-state index >= 15 is 0 Å². The van der Waals surface area contributed by atoms with Gasteiger partial charge in [0.2, 0.25) is 0 Å². The van der Waals surface area contributed by atoms with Crippen LogP contribution >= 0.6 is 0 Å². The minimum absolute atomic E-state index is 0. The lowest BCUT2D eigenvalue weighted by molar-refractivity contribution is 0.0762. The first kappa shape index (κ1) is 22.6. The molecule has 4 heterocycles. The number of carbonyl (C=O) groups excluding carboxylic acids is 1. The molecule has 7 heteroatoms. The summed E-state index contributed by atoms with van der Waals surface area (Å²) >= 11 is 0. The van der Waals surface area contributed by atoms with Crippen LogP contribution in [0.1, 0.15) is 56.2 Å². The fraction of sp³-hybridized carbons (Fsp3) is 0.652. The third-order valence-corrected chi connectivity index (χ3v) is 6.30. The highest BCUT2D eigenvalue weighted by Gasteiger charge is 2.29. The first-order valence-electron chi connectivity index (χ1n) is 10.9. The van der Waals surface area contributed by atoms with Crippen LogP contribution in [0.25, 0.3) is 5.65 Å². The van der Waals surface area contributed by atoms with Crippen molar-refractivity contribution in [2.45, 2.75) is 59.0 Å². The molecule has 166 valence electrons. The molecule has 0 spiro atoms. The molecule has 2 aliphatic rings. The molecular weight excluding hydrogens is 378 g/mol. The van der Waals surface area contributed by atoms with E-state index in [-0.39, 0.29) is 19.4 Å². The smallest absolute Gasteiger partial charge is 0.270 e. The number of nitrogens with one attached hydrogen (secondary N) is 1. The number of aryl methyl sites for hydroxylation is 1. The quantitative estimate of drug-likeness (QED) is 0.814. The van der Waals surface area contributed by atoms with Crippen LogP contribution in [0.4, 0.5) is 0 Å². The van der Waals surface area contributed by atoms with Crippen molar-refractivity contribution in [2.75, 3.05) is 39.8 Å². The van der Waals surface area contributed by atoms with Crippen LogP contribution in [-0.2, 0) is 0 Å². The van der Waals surface area contributed by atoms with Crippen molar-refractivity contribution in [1.82, 2.24) is 24.5 Å². The van der Waals surface area contributed by atoms with Gasteiger partial charge in [-0.1, -0.05) is 7.43 Å². The van der Waals surface area contributed by atoms with E-state index in [9.17, 15) is 4.79 Å². The van der Waals surface area contributed by atoms with E-state index in [1.54, 1.807) is 0 Å². The molecule has 0 aliphatic carbocycles. The Bertz CT molecular complexity index is 857. The van der Waals surface area contributed by atoms with E-state index in [0.29, 0.717) is 29.7 Å². The lowest BCUT2D eigenvalue weighted by atomic mass is 9.98. The number of hydrogen-bond acceptors (Lipinski definition) is 5. The van der Waals surface area contributed by atoms with Crippen LogP contribution in [-0.4, -0.2) is 77.0 Å². The Balaban J connectivity index is 0.00000256. The zero-order valence-corrected chi connectivity index (χ0v) is 17.9. The van der Waals surface area contributed by atoms with E-state index in [0.717, 1.165) is 31.6 Å². The topological polar surface area (TPSA) is 62.1 Å². The van der Waals surface area contributed by atoms with Gasteiger partial charge in [-0.3, -0.25) is 14.1 Å². The fourth-order valence-electron chi connectivity index (χ4n) is 4.77. The van der Waals surface area contributed by atoms with E-state index in [1.165, 1.54) is 25.9 Å². The molecule has 0 unspecified atom stereocenters. The largest absolute Gasteiger partial charge is 0.490 e. The second-order valence-corrected chi connectivity index (χ2v) is 8.39. The fourth-order valence-corrected chi connectivity index (χ4v) is 4.77. The van der Waals surface area contributed by atoms with Crippen LogP contribution < -0.4 is 10.1 Å². The highest BCUT2D eigenvalue weighted by molar-refractivity contribution is 5.95. The molecule has 1 atom stereocenters. The van der Waals surface area contributed by atoms with Gasteiger partial charge in [-0.15, -0.1) is 0 Å². The lowest BCUT2D eigenvalue weighted by Gasteiger charge is -2.41. The van der Waals surface area contributed by atoms with E-state index in [4.69, 9.17) is 4.74 Å². The molecule has 1 N–H and O–H groups in total. The van der Waals surface area contributed by atoms with Gasteiger partial charge >= 0.3 is 0 Å². The molecule has 1 amide bonds. The van der Waals surface area contributed by atoms with Gasteiger partial charge in [-0.05, 0) is 78.3 Å². The van der Waals surface area contributed by atoms with Crippen LogP contribution in [0, 0.1) is 6.92 Å². The van der Waals surface area contributed by atoms with Crippen molar-refractivity contribution in [1.29, 1.82) is 0 Å². The van der Waals surface area contributed by atoms with Crippen LogP contribution in [0.3, 0.4) is 0 Å². The third kappa shape index (κ3) is 4.62. The third-order valence-electron chi connectivity index (χ3n) is 6.30. The molecule has 4 rings (SSSR count). The number of hydrogen-bond donors (Lipinski definition) is 1. The monoisotopic (exact) mass is 415 g/mol. The van der Waals surface area contributed by atoms with Crippen molar-refractivity contribution >= 4 is 11.6 Å². The van der Waals surface area contributed by atoms with Gasteiger partial charge in [0, 0.05) is 24.8 Å². The average molecular weight is 416 g/mol. The van der Waals surface area contributed by atoms with Gasteiger partial charge in [0.25, 0.3) is 5.91 Å². The van der Waals surface area contributed by atoms with Crippen LogP contribution in [0.15, 0.2) is 18.3 Å². The molecule has 2 saturated heterocycles. The number of amides is 1. The summed E-state index contributed by atoms with van der Waals surface area (Å²) in [4.78, 5) is 22.8. The van der Waals surface area contributed by atoms with Crippen molar-refractivity contribution < 1.29 is 9.53 Å². The predicted molar refractivity (Wildman–Crippen MR) is 120 cm³/mol. The molecule has 0 radical (unpaired) electrons. The Kier molecular flexibility index (Phi) is 7.36. The van der Waals surface area contributed by atoms with E-state index < -0.39 is 0 Å². The number of aromatic nitrogens is 2. The molecule has 0 aromatic carbocycles. The second kappa shape index (κ2) is 9.79. The normalized spacial score (nSPS) is 21.4. The summed E-state index contributed by atoms with van der Waals surface area (Å²) in [6, 6.07) is 4.64. The number of carbonyl (C=O) groups is 1. The Labute approximate surface area is 180 Å². The maximum atomic E-state index is 13.2. The van der Waals surface area contributed by atoms with Crippen molar-refractivity contribution in [3.63, 3.8) is 0 Å².